The molecule has 48 nitrogen and oxygen atoms in total. The second-order valence-corrected chi connectivity index (χ2v) is 34.2. The monoisotopic (exact) mass is 1900 g/mol. The van der Waals surface area contributed by atoms with E-state index in [4.69, 9.17) is 39.5 Å². The summed E-state index contributed by atoms with van der Waals surface area (Å²) in [6.45, 7) is 15.4. The van der Waals surface area contributed by atoms with Crippen molar-refractivity contribution in [3.8, 4) is 0 Å². The third kappa shape index (κ3) is 38.2. The van der Waals surface area contributed by atoms with Gasteiger partial charge in [-0.1, -0.05) is 98.2 Å². The van der Waals surface area contributed by atoms with Crippen LogP contribution in [-0.2, 0) is 104 Å². The Bertz CT molecular complexity index is 4810. The molecular formula is C85H131N25O23S. The van der Waals surface area contributed by atoms with Gasteiger partial charge in [-0.3, -0.25) is 97.1 Å². The number of benzene rings is 2. The highest BCUT2D eigenvalue weighted by Crippen LogP contribution is 2.23. The molecule has 34 N–H and O–H groups in total. The molecule has 2 heterocycles. The number of H-pyrrole nitrogens is 2. The van der Waals surface area contributed by atoms with Crippen LogP contribution in [0.15, 0.2) is 60.9 Å². The average Bonchev–Trinajstić information content (AvgIpc) is 1.61. The van der Waals surface area contributed by atoms with Gasteiger partial charge >= 0.3 is 17.9 Å². The number of amides is 16. The minimum atomic E-state index is -2.23. The maximum Gasteiger partial charge on any atom is 0.326 e. The molecule has 0 saturated carbocycles. The highest BCUT2D eigenvalue weighted by molar-refractivity contribution is 7.80. The van der Waals surface area contributed by atoms with Gasteiger partial charge in [-0.15, -0.1) is 0 Å². The number of rotatable bonds is 60. The Balaban J connectivity index is 1.73. The van der Waals surface area contributed by atoms with Gasteiger partial charge in [-0.2, -0.15) is 12.6 Å². The first kappa shape index (κ1) is 113. The first-order valence-corrected chi connectivity index (χ1v) is 44.4. The van der Waals surface area contributed by atoms with E-state index >= 15 is 14.4 Å². The normalized spacial score (nSPS) is 15.1. The molecule has 0 bridgehead atoms. The summed E-state index contributed by atoms with van der Waals surface area (Å²) in [5.41, 5.74) is 29.3. The number of carbonyl (C=O) groups is 19. The number of aliphatic hydroxyl groups excluding tert-OH is 1. The zero-order valence-corrected chi connectivity index (χ0v) is 77.3. The van der Waals surface area contributed by atoms with Crippen LogP contribution in [0, 0.1) is 34.5 Å². The maximum absolute atomic E-state index is 15.1. The number of thiol groups is 1. The number of para-hydroxylation sites is 2. The van der Waals surface area contributed by atoms with Crippen LogP contribution in [0.25, 0.3) is 21.8 Å². The molecule has 16 amide bonds. The summed E-state index contributed by atoms with van der Waals surface area (Å²) in [4.78, 5) is 269. The Morgan fingerprint density at radius 2 is 0.731 bits per heavy atom. The van der Waals surface area contributed by atoms with Gasteiger partial charge in [0.1, 0.15) is 84.6 Å². The van der Waals surface area contributed by atoms with Crippen LogP contribution in [0.3, 0.4) is 0 Å². The molecule has 2 aromatic heterocycles. The zero-order valence-electron chi connectivity index (χ0n) is 76.4. The third-order valence-electron chi connectivity index (χ3n) is 21.3. The summed E-state index contributed by atoms with van der Waals surface area (Å²) in [6, 6.07) is -11.4. The standard InChI is InChI=1S/C85H131N25O23S/c1-11-42(8)67(109-78(127)59(34-63(88)113)101-69(118)43(9)86)81(130)107-61(38-134)79(128)98-52(23-17-29-94-85(91)92)71(120)104-58(33-46-37-96-50-21-15-13-19-48(46)50)77(126)110-68(44(10)111)82(131)99-53(25-27-64(114)115)72(121)105-60(35-65(116)117)75(124)97-51(22-16-28-93-84(89)90)70(119)103-57(32-45-36-95-49-20-14-12-18-47(45)49)76(125)108-66(41(6)7)80(129)106-56(31-40(4)5)74(123)102-55(30-39(2)3)73(122)100-54(83(132)133)24-26-62(87)112/h12-15,18-21,36-37,39-44,51-61,66-68,95-96,111,134H,11,16-17,22-35,38,86H2,1-10H3,(H2,87,112)(H2,88,113)(H,97,124)(H,98,128)(H,99,131)(H,100,122)(H,101,118)(H,102,123)(H,103,119)(H,104,120)(H,105,121)(H,106,129)(H,107,130)(H,108,125)(H,109,127)(H,110,126)(H,114,115)(H,116,117)(H,132,133)(H4,89,90,93)(H4,91,92,94)/t42-,43-,44+,51-,52-,53-,54-,55-,56-,57-,58-,59-,60-,61-,66-,67-,68-/m0/s1. The minimum Gasteiger partial charge on any atom is -0.481 e. The smallest absolute Gasteiger partial charge is 0.326 e. The van der Waals surface area contributed by atoms with Crippen LogP contribution in [0.4, 0.5) is 0 Å². The summed E-state index contributed by atoms with van der Waals surface area (Å²) in [7, 11) is 0. The van der Waals surface area contributed by atoms with E-state index < -0.39 is 277 Å². The number of carbonyl (C=O) groups excluding carboxylic acids is 16. The number of nitrogens with one attached hydrogen (secondary N) is 20. The summed E-state index contributed by atoms with van der Waals surface area (Å²) < 4.78 is 0. The highest BCUT2D eigenvalue weighted by Gasteiger charge is 2.41. The van der Waals surface area contributed by atoms with E-state index in [1.54, 1.807) is 110 Å². The van der Waals surface area contributed by atoms with E-state index in [-0.39, 0.29) is 82.7 Å². The fourth-order valence-electron chi connectivity index (χ4n) is 13.9. The Kier molecular flexibility index (Phi) is 46.7. The first-order valence-electron chi connectivity index (χ1n) is 43.7. The van der Waals surface area contributed by atoms with Gasteiger partial charge in [0.25, 0.3) is 0 Å². The summed E-state index contributed by atoms with van der Waals surface area (Å²) >= 11 is 4.30. The Labute approximate surface area is 778 Å². The molecule has 0 aliphatic carbocycles. The number of nitrogens with two attached hydrogens (primary N) is 5. The maximum atomic E-state index is 15.1. The van der Waals surface area contributed by atoms with Crippen LogP contribution in [0.5, 0.6) is 0 Å². The van der Waals surface area contributed by atoms with Crippen LogP contribution >= 0.6 is 12.6 Å². The third-order valence-corrected chi connectivity index (χ3v) is 21.7. The van der Waals surface area contributed by atoms with Gasteiger partial charge in [0, 0.05) is 78.7 Å². The van der Waals surface area contributed by atoms with Crippen molar-refractivity contribution in [2.45, 2.75) is 262 Å². The molecule has 17 atom stereocenters. The van der Waals surface area contributed by atoms with Crippen molar-refractivity contribution >= 4 is 159 Å². The SMILES string of the molecule is CC[C@H](C)[C@H](NC(=O)[C@H](CC(N)=O)NC(=O)[C@H](C)N)C(=O)N[C@@H](CS)C(=O)N[C@@H](CCCNC(=N)N)C(=O)N[C@@H](Cc1c[nH]c2ccccc12)C(=O)N[C@H](C(=O)N[C@@H](CCC(=O)O)C(=O)N[C@@H](CC(=O)O)C(=O)N[C@@H](CCCNC(=N)N)C(=O)N[C@@H](Cc1c[nH]c2ccccc12)C(=O)N[C@H](C(=O)N[C@@H](CC(C)C)C(=O)N[C@@H](CC(C)C)C(=O)N[C@@H](CCC(N)=O)C(=O)O)C(C)C)[C@@H](C)O. The quantitative estimate of drug-likeness (QED) is 0.00850. The van der Waals surface area contributed by atoms with E-state index in [9.17, 15) is 97.1 Å². The molecule has 2 aromatic carbocycles. The molecule has 0 aliphatic heterocycles. The van der Waals surface area contributed by atoms with Gasteiger partial charge in [-0.05, 0) is 112 Å². The van der Waals surface area contributed by atoms with E-state index in [1.807, 2.05) is 0 Å². The largest absolute Gasteiger partial charge is 0.481 e. The molecule has 0 saturated heterocycles. The molecule has 134 heavy (non-hydrogen) atoms. The number of aliphatic hydroxyl groups is 1. The van der Waals surface area contributed by atoms with Crippen LogP contribution in [-0.4, -0.2) is 270 Å². The summed E-state index contributed by atoms with van der Waals surface area (Å²) in [5.74, 6) is -25.4. The number of fused-ring (bicyclic) bond motifs is 2. The number of carboxylic acid groups (broad SMARTS) is 3. The molecule has 0 aliphatic rings. The van der Waals surface area contributed by atoms with E-state index in [0.29, 0.717) is 32.9 Å². The highest BCUT2D eigenvalue weighted by atomic mass is 32.1. The Hall–Kier alpha value is -13.7. The topological polar surface area (TPSA) is 807 Å². The van der Waals surface area contributed by atoms with Crippen molar-refractivity contribution < 1.29 is 112 Å². The predicted octanol–water partition coefficient (Wildman–Crippen LogP) is -5.23. The number of hydrogen-bond donors (Lipinski definition) is 30. The number of aliphatic carboxylic acids is 3. The van der Waals surface area contributed by atoms with Crippen molar-refractivity contribution in [3.63, 3.8) is 0 Å². The van der Waals surface area contributed by atoms with Gasteiger partial charge in [0.05, 0.1) is 25.0 Å². The van der Waals surface area contributed by atoms with E-state index in [0.717, 1.165) is 6.92 Å². The Morgan fingerprint density at radius 3 is 1.14 bits per heavy atom. The van der Waals surface area contributed by atoms with Gasteiger partial charge < -0.3 is 144 Å². The minimum absolute atomic E-state index is 0.0159. The number of guanidine groups is 2. The summed E-state index contributed by atoms with van der Waals surface area (Å²) in [5, 5.41) is 97.8. The van der Waals surface area contributed by atoms with Crippen molar-refractivity contribution in [2.24, 2.45) is 52.3 Å². The lowest BCUT2D eigenvalue weighted by Crippen LogP contribution is -2.63. The van der Waals surface area contributed by atoms with Crippen molar-refractivity contribution in [2.75, 3.05) is 18.8 Å². The van der Waals surface area contributed by atoms with E-state index in [2.05, 4.69) is 108 Å². The lowest BCUT2D eigenvalue weighted by Gasteiger charge is -2.30. The lowest BCUT2D eigenvalue weighted by atomic mass is 9.97. The fraction of sp³-hybridized carbons (Fsp3) is 0.565. The van der Waals surface area contributed by atoms with Crippen molar-refractivity contribution in [1.82, 2.24) is 95.0 Å². The van der Waals surface area contributed by atoms with Gasteiger partial charge in [0.15, 0.2) is 11.9 Å². The van der Waals surface area contributed by atoms with E-state index in [1.165, 1.54) is 13.1 Å². The second-order valence-electron chi connectivity index (χ2n) is 33.9. The first-order chi connectivity index (χ1) is 62.9. The molecule has 0 radical (unpaired) electrons. The molecule has 4 rings (SSSR count). The van der Waals surface area contributed by atoms with Crippen LogP contribution in [0.2, 0.25) is 0 Å². The predicted molar refractivity (Wildman–Crippen MR) is 491 cm³/mol. The summed E-state index contributed by atoms with van der Waals surface area (Å²) in [6.07, 6.45) is -4.82. The molecule has 0 spiro atoms. The van der Waals surface area contributed by atoms with Crippen LogP contribution in [0.1, 0.15) is 164 Å². The number of aromatic amines is 2. The van der Waals surface area contributed by atoms with Gasteiger partial charge in [-0.25, -0.2) is 4.79 Å². The Morgan fingerprint density at radius 1 is 0.388 bits per heavy atom. The molecule has 49 heteroatoms. The number of hydrogen-bond acceptors (Lipinski definition) is 24. The number of aromatic nitrogens is 2. The van der Waals surface area contributed by atoms with Crippen LogP contribution < -0.4 is 114 Å². The number of carboxylic acids is 3. The molecule has 740 valence electrons. The van der Waals surface area contributed by atoms with Crippen molar-refractivity contribution in [1.29, 1.82) is 10.8 Å². The molecule has 0 fully saturated rings. The fourth-order valence-corrected chi connectivity index (χ4v) is 14.2. The number of primary amides is 2. The molecule has 0 unspecified atom stereocenters. The zero-order chi connectivity index (χ0) is 101. The van der Waals surface area contributed by atoms with Crippen molar-refractivity contribution in [3.05, 3.63) is 72.1 Å². The van der Waals surface area contributed by atoms with Gasteiger partial charge in [0.2, 0.25) is 94.5 Å². The average molecular weight is 1900 g/mol. The molecular weight excluding hydrogens is 1770 g/mol. The lowest BCUT2D eigenvalue weighted by molar-refractivity contribution is -0.143. The molecule has 4 aromatic rings. The second kappa shape index (κ2) is 55.6.